The number of guanidine groups is 1. The van der Waals surface area contributed by atoms with Crippen LogP contribution in [0.3, 0.4) is 0 Å². The van der Waals surface area contributed by atoms with Gasteiger partial charge in [0.15, 0.2) is 5.96 Å². The summed E-state index contributed by atoms with van der Waals surface area (Å²) >= 11 is 0. The molecule has 1 saturated carbocycles. The molecular formula is C19H32IN5O2S. The maximum absolute atomic E-state index is 12.1. The summed E-state index contributed by atoms with van der Waals surface area (Å²) in [4.78, 5) is 8.87. The van der Waals surface area contributed by atoms with Crippen LogP contribution in [0.25, 0.3) is 0 Å². The molecule has 1 heterocycles. The minimum absolute atomic E-state index is 0. The minimum Gasteiger partial charge on any atom is -0.368 e. The molecule has 1 aliphatic heterocycles. The van der Waals surface area contributed by atoms with Gasteiger partial charge in [0.1, 0.15) is 0 Å². The average molecular weight is 521 g/mol. The second kappa shape index (κ2) is 11.2. The van der Waals surface area contributed by atoms with Crippen LogP contribution in [0.5, 0.6) is 0 Å². The van der Waals surface area contributed by atoms with Gasteiger partial charge >= 0.3 is 0 Å². The Morgan fingerprint density at radius 3 is 2.39 bits per heavy atom. The molecule has 1 aliphatic carbocycles. The lowest BCUT2D eigenvalue weighted by Crippen LogP contribution is -2.53. The van der Waals surface area contributed by atoms with Crippen LogP contribution >= 0.6 is 24.0 Å². The fraction of sp³-hybridized carbons (Fsp3) is 0.632. The number of halogens is 1. The zero-order chi connectivity index (χ0) is 19.1. The third-order valence-electron chi connectivity index (χ3n) is 5.38. The molecule has 2 aliphatic rings. The Balaban J connectivity index is 0.00000280. The number of anilines is 1. The molecule has 9 heteroatoms. The van der Waals surface area contributed by atoms with Crippen LogP contribution < -0.4 is 14.9 Å². The van der Waals surface area contributed by atoms with E-state index in [1.807, 2.05) is 6.07 Å². The molecule has 1 aromatic carbocycles. The Morgan fingerprint density at radius 2 is 1.82 bits per heavy atom. The molecular weight excluding hydrogens is 489 g/mol. The first kappa shape index (κ1) is 23.2. The van der Waals surface area contributed by atoms with E-state index in [0.717, 1.165) is 45.0 Å². The number of aliphatic imine (C=N–C) groups is 1. The van der Waals surface area contributed by atoms with Crippen molar-refractivity contribution in [2.75, 3.05) is 57.0 Å². The molecule has 2 fully saturated rings. The van der Waals surface area contributed by atoms with Gasteiger partial charge in [-0.2, -0.15) is 0 Å². The van der Waals surface area contributed by atoms with Gasteiger partial charge in [0.25, 0.3) is 0 Å². The van der Waals surface area contributed by atoms with Gasteiger partial charge in [0.05, 0.1) is 5.75 Å². The number of para-hydroxylation sites is 1. The van der Waals surface area contributed by atoms with Crippen molar-refractivity contribution in [1.29, 1.82) is 0 Å². The minimum atomic E-state index is -3.23. The Bertz CT molecular complexity index is 717. The lowest BCUT2D eigenvalue weighted by Gasteiger charge is -2.37. The van der Waals surface area contributed by atoms with Crippen molar-refractivity contribution in [1.82, 2.24) is 14.9 Å². The topological polar surface area (TPSA) is 77.0 Å². The van der Waals surface area contributed by atoms with Crippen molar-refractivity contribution in [3.63, 3.8) is 0 Å². The molecule has 7 nitrogen and oxygen atoms in total. The van der Waals surface area contributed by atoms with E-state index in [1.54, 1.807) is 7.05 Å². The number of piperazine rings is 1. The Labute approximate surface area is 186 Å². The summed E-state index contributed by atoms with van der Waals surface area (Å²) in [6.07, 6.45) is 3.51. The van der Waals surface area contributed by atoms with E-state index < -0.39 is 10.0 Å². The molecule has 2 N–H and O–H groups in total. The van der Waals surface area contributed by atoms with Crippen molar-refractivity contribution in [2.24, 2.45) is 10.9 Å². The lowest BCUT2D eigenvalue weighted by atomic mass is 9.86. The van der Waals surface area contributed by atoms with Gasteiger partial charge in [-0.3, -0.25) is 4.99 Å². The molecule has 1 saturated heterocycles. The highest BCUT2D eigenvalue weighted by molar-refractivity contribution is 14.0. The fourth-order valence-electron chi connectivity index (χ4n) is 3.46. The van der Waals surface area contributed by atoms with Crippen LogP contribution in [0.2, 0.25) is 0 Å². The third-order valence-corrected chi connectivity index (χ3v) is 6.73. The van der Waals surface area contributed by atoms with Crippen LogP contribution in [0.4, 0.5) is 5.69 Å². The number of hydrogen-bond acceptors (Lipinski definition) is 4. The number of rotatable bonds is 7. The SMILES string of the molecule is CN=C(NCCS(=O)(=O)NCC1CCC1)N1CCN(c2ccccc2)CC1.I. The summed E-state index contributed by atoms with van der Waals surface area (Å²) in [5.41, 5.74) is 1.24. The van der Waals surface area contributed by atoms with E-state index in [2.05, 4.69) is 49.1 Å². The van der Waals surface area contributed by atoms with Gasteiger partial charge in [-0.15, -0.1) is 24.0 Å². The predicted octanol–water partition coefficient (Wildman–Crippen LogP) is 1.72. The first-order valence-corrected chi connectivity index (χ1v) is 11.5. The fourth-order valence-corrected chi connectivity index (χ4v) is 4.46. The van der Waals surface area contributed by atoms with Crippen LogP contribution in [-0.4, -0.2) is 71.3 Å². The van der Waals surface area contributed by atoms with Crippen LogP contribution in [-0.2, 0) is 10.0 Å². The van der Waals surface area contributed by atoms with Gasteiger partial charge in [-0.05, 0) is 30.9 Å². The van der Waals surface area contributed by atoms with Gasteiger partial charge in [0.2, 0.25) is 10.0 Å². The normalized spacial score (nSPS) is 18.4. The molecule has 0 amide bonds. The van der Waals surface area contributed by atoms with Gasteiger partial charge in [-0.1, -0.05) is 24.6 Å². The molecule has 0 atom stereocenters. The number of nitrogens with one attached hydrogen (secondary N) is 2. The van der Waals surface area contributed by atoms with Gasteiger partial charge < -0.3 is 15.1 Å². The van der Waals surface area contributed by atoms with Gasteiger partial charge in [-0.25, -0.2) is 13.1 Å². The molecule has 0 unspecified atom stereocenters. The van der Waals surface area contributed by atoms with Crippen LogP contribution in [0.15, 0.2) is 35.3 Å². The second-order valence-corrected chi connectivity index (χ2v) is 9.17. The van der Waals surface area contributed by atoms with Crippen molar-refractivity contribution < 1.29 is 8.42 Å². The van der Waals surface area contributed by atoms with Crippen molar-refractivity contribution in [3.05, 3.63) is 30.3 Å². The van der Waals surface area contributed by atoms with E-state index >= 15 is 0 Å². The molecule has 3 rings (SSSR count). The number of sulfonamides is 1. The van der Waals surface area contributed by atoms with E-state index in [4.69, 9.17) is 0 Å². The summed E-state index contributed by atoms with van der Waals surface area (Å²) < 4.78 is 26.9. The number of nitrogens with zero attached hydrogens (tertiary/aromatic N) is 3. The number of hydrogen-bond donors (Lipinski definition) is 2. The second-order valence-electron chi connectivity index (χ2n) is 7.25. The molecule has 158 valence electrons. The summed E-state index contributed by atoms with van der Waals surface area (Å²) in [6.45, 7) is 4.52. The first-order chi connectivity index (χ1) is 13.1. The summed E-state index contributed by atoms with van der Waals surface area (Å²) in [7, 11) is -1.48. The van der Waals surface area contributed by atoms with E-state index in [0.29, 0.717) is 19.0 Å². The first-order valence-electron chi connectivity index (χ1n) is 9.80. The maximum atomic E-state index is 12.1. The maximum Gasteiger partial charge on any atom is 0.213 e. The highest BCUT2D eigenvalue weighted by Crippen LogP contribution is 2.25. The lowest BCUT2D eigenvalue weighted by molar-refractivity contribution is 0.316. The zero-order valence-corrected chi connectivity index (χ0v) is 19.7. The predicted molar refractivity (Wildman–Crippen MR) is 126 cm³/mol. The van der Waals surface area contributed by atoms with E-state index in [1.165, 1.54) is 12.1 Å². The highest BCUT2D eigenvalue weighted by atomic mass is 127. The van der Waals surface area contributed by atoms with Crippen LogP contribution in [0.1, 0.15) is 19.3 Å². The van der Waals surface area contributed by atoms with Crippen molar-refractivity contribution >= 4 is 45.6 Å². The van der Waals surface area contributed by atoms with Crippen molar-refractivity contribution in [2.45, 2.75) is 19.3 Å². The summed E-state index contributed by atoms with van der Waals surface area (Å²) in [5, 5.41) is 3.20. The molecule has 1 aromatic rings. The van der Waals surface area contributed by atoms with Crippen LogP contribution in [0, 0.1) is 5.92 Å². The molecule has 0 bridgehead atoms. The monoisotopic (exact) mass is 521 g/mol. The zero-order valence-electron chi connectivity index (χ0n) is 16.5. The Morgan fingerprint density at radius 1 is 1.14 bits per heavy atom. The summed E-state index contributed by atoms with van der Waals surface area (Å²) in [6, 6.07) is 10.4. The molecule has 0 aromatic heterocycles. The molecule has 0 radical (unpaired) electrons. The third kappa shape index (κ3) is 6.77. The van der Waals surface area contributed by atoms with Gasteiger partial charge in [0, 0.05) is 52.0 Å². The Kier molecular flexibility index (Phi) is 9.29. The van der Waals surface area contributed by atoms with E-state index in [-0.39, 0.29) is 29.7 Å². The standard InChI is InChI=1S/C19H31N5O2S.HI/c1-20-19(21-10-15-27(25,26)22-16-17-6-5-7-17)24-13-11-23(12-14-24)18-8-3-2-4-9-18;/h2-4,8-9,17,22H,5-7,10-16H2,1H3,(H,20,21);1H. The highest BCUT2D eigenvalue weighted by Gasteiger charge is 2.22. The molecule has 28 heavy (non-hydrogen) atoms. The quantitative estimate of drug-likeness (QED) is 0.325. The van der Waals surface area contributed by atoms with E-state index in [9.17, 15) is 8.42 Å². The largest absolute Gasteiger partial charge is 0.368 e. The summed E-state index contributed by atoms with van der Waals surface area (Å²) in [5.74, 6) is 1.38. The smallest absolute Gasteiger partial charge is 0.213 e. The number of benzene rings is 1. The molecule has 0 spiro atoms. The average Bonchev–Trinajstić information content (AvgIpc) is 2.65. The van der Waals surface area contributed by atoms with Crippen molar-refractivity contribution in [3.8, 4) is 0 Å². The Hall–Kier alpha value is -1.07.